The van der Waals surface area contributed by atoms with Crippen LogP contribution in [0, 0.1) is 12.8 Å². The molecule has 6 nitrogen and oxygen atoms in total. The molecule has 130 valence electrons. The average Bonchev–Trinajstić information content (AvgIpc) is 2.50. The molecule has 0 spiro atoms. The molecule has 0 aliphatic carbocycles. The molecule has 23 heavy (non-hydrogen) atoms. The third-order valence-corrected chi connectivity index (χ3v) is 4.19. The molecule has 0 bridgehead atoms. The van der Waals surface area contributed by atoms with Crippen molar-refractivity contribution in [1.29, 1.82) is 0 Å². The van der Waals surface area contributed by atoms with Gasteiger partial charge >= 0.3 is 5.63 Å². The van der Waals surface area contributed by atoms with Gasteiger partial charge in [-0.2, -0.15) is 0 Å². The number of aliphatic hydroxyl groups is 3. The summed E-state index contributed by atoms with van der Waals surface area (Å²) in [5, 5.41) is 40.3. The van der Waals surface area contributed by atoms with E-state index in [9.17, 15) is 25.2 Å². The number of hydrogen-bond acceptors (Lipinski definition) is 6. The van der Waals surface area contributed by atoms with E-state index in [0.717, 1.165) is 6.42 Å². The molecule has 0 radical (unpaired) electrons. The summed E-state index contributed by atoms with van der Waals surface area (Å²) in [7, 11) is 0. The van der Waals surface area contributed by atoms with Crippen LogP contribution in [0.2, 0.25) is 0 Å². The zero-order chi connectivity index (χ0) is 17.9. The summed E-state index contributed by atoms with van der Waals surface area (Å²) >= 11 is 0. The first-order valence-corrected chi connectivity index (χ1v) is 7.63. The third-order valence-electron chi connectivity index (χ3n) is 4.19. The summed E-state index contributed by atoms with van der Waals surface area (Å²) in [6.07, 6.45) is 1.38. The minimum Gasteiger partial charge on any atom is -0.507 e. The van der Waals surface area contributed by atoms with Crippen molar-refractivity contribution in [3.05, 3.63) is 39.0 Å². The van der Waals surface area contributed by atoms with Crippen molar-refractivity contribution >= 4 is 0 Å². The second-order valence-corrected chi connectivity index (χ2v) is 6.20. The maximum absolute atomic E-state index is 11.8. The van der Waals surface area contributed by atoms with Gasteiger partial charge in [-0.05, 0) is 38.3 Å². The Balaban J connectivity index is 3.42. The lowest BCUT2D eigenvalue weighted by Gasteiger charge is -2.25. The van der Waals surface area contributed by atoms with E-state index in [1.54, 1.807) is 6.92 Å². The molecule has 0 aliphatic rings. The second-order valence-electron chi connectivity index (χ2n) is 6.20. The Morgan fingerprint density at radius 3 is 2.48 bits per heavy atom. The second kappa shape index (κ2) is 7.29. The smallest absolute Gasteiger partial charge is 0.342 e. The van der Waals surface area contributed by atoms with E-state index in [4.69, 9.17) is 4.42 Å². The van der Waals surface area contributed by atoms with E-state index in [1.165, 1.54) is 19.9 Å². The van der Waals surface area contributed by atoms with Crippen LogP contribution in [0.3, 0.4) is 0 Å². The molecule has 1 heterocycles. The normalized spacial score (nSPS) is 17.7. The maximum Gasteiger partial charge on any atom is 0.342 e. The van der Waals surface area contributed by atoms with Gasteiger partial charge in [-0.25, -0.2) is 4.79 Å². The number of rotatable bonds is 6. The molecule has 0 aromatic carbocycles. The lowest BCUT2D eigenvalue weighted by atomic mass is 9.90. The lowest BCUT2D eigenvalue weighted by molar-refractivity contribution is 0.0709. The molecule has 4 N–H and O–H groups in total. The van der Waals surface area contributed by atoms with Gasteiger partial charge in [0.05, 0.1) is 23.8 Å². The molecule has 0 saturated heterocycles. The van der Waals surface area contributed by atoms with E-state index in [2.05, 4.69) is 0 Å². The highest BCUT2D eigenvalue weighted by Crippen LogP contribution is 2.33. The molecular weight excluding hydrogens is 300 g/mol. The van der Waals surface area contributed by atoms with E-state index in [-0.39, 0.29) is 22.8 Å². The third kappa shape index (κ3) is 4.02. The Morgan fingerprint density at radius 1 is 1.43 bits per heavy atom. The Bertz CT molecular complexity index is 641. The van der Waals surface area contributed by atoms with E-state index in [0.29, 0.717) is 5.57 Å². The van der Waals surface area contributed by atoms with Crippen LogP contribution in [0.4, 0.5) is 0 Å². The fraction of sp³-hybridized carbons (Fsp3) is 0.588. The Labute approximate surface area is 135 Å². The fourth-order valence-electron chi connectivity index (χ4n) is 2.48. The van der Waals surface area contributed by atoms with Gasteiger partial charge in [0.1, 0.15) is 11.4 Å². The molecule has 0 aliphatic heterocycles. The van der Waals surface area contributed by atoms with Crippen LogP contribution in [0.15, 0.2) is 20.9 Å². The van der Waals surface area contributed by atoms with Gasteiger partial charge in [0.2, 0.25) is 0 Å². The fourth-order valence-corrected chi connectivity index (χ4v) is 2.48. The molecule has 1 rings (SSSR count). The quantitative estimate of drug-likeness (QED) is 0.592. The standard InChI is InChI=1S/C17H26O6/c1-6-9(2)13(19)10(3)7-17(5,22)15-12(8-18)14(20)11(4)16(21)23-15/h7,9,13,18-20,22H,6,8H2,1-5H3/b10-7+/t9-,13-,17?/m0/s1. The highest BCUT2D eigenvalue weighted by atomic mass is 16.4. The number of hydrogen-bond donors (Lipinski definition) is 4. The van der Waals surface area contributed by atoms with Crippen molar-refractivity contribution in [2.45, 2.75) is 59.4 Å². The van der Waals surface area contributed by atoms with Crippen molar-refractivity contribution in [3.63, 3.8) is 0 Å². The van der Waals surface area contributed by atoms with Crippen LogP contribution >= 0.6 is 0 Å². The summed E-state index contributed by atoms with van der Waals surface area (Å²) in [5.74, 6) is -0.630. The molecule has 1 aromatic rings. The predicted molar refractivity (Wildman–Crippen MR) is 86.1 cm³/mol. The van der Waals surface area contributed by atoms with Crippen LogP contribution in [0.5, 0.6) is 5.75 Å². The van der Waals surface area contributed by atoms with Crippen LogP contribution in [-0.2, 0) is 12.2 Å². The van der Waals surface area contributed by atoms with Gasteiger partial charge in [0, 0.05) is 0 Å². The summed E-state index contributed by atoms with van der Waals surface area (Å²) in [4.78, 5) is 11.8. The van der Waals surface area contributed by atoms with Crippen LogP contribution < -0.4 is 5.63 Å². The number of aromatic hydroxyl groups is 1. The topological polar surface area (TPSA) is 111 Å². The lowest BCUT2D eigenvalue weighted by Crippen LogP contribution is -2.27. The Hall–Kier alpha value is -1.63. The van der Waals surface area contributed by atoms with Crippen LogP contribution in [-0.4, -0.2) is 26.5 Å². The van der Waals surface area contributed by atoms with Crippen molar-refractivity contribution in [2.24, 2.45) is 5.92 Å². The summed E-state index contributed by atoms with van der Waals surface area (Å²) in [6, 6.07) is 0. The number of aliphatic hydroxyl groups excluding tert-OH is 2. The van der Waals surface area contributed by atoms with E-state index < -0.39 is 29.7 Å². The molecule has 0 saturated carbocycles. The molecule has 3 atom stereocenters. The zero-order valence-electron chi connectivity index (χ0n) is 14.3. The Morgan fingerprint density at radius 2 is 2.00 bits per heavy atom. The van der Waals surface area contributed by atoms with Crippen molar-refractivity contribution in [2.75, 3.05) is 0 Å². The molecule has 0 fully saturated rings. The first kappa shape index (κ1) is 19.4. The van der Waals surface area contributed by atoms with Crippen LogP contribution in [0.25, 0.3) is 0 Å². The van der Waals surface area contributed by atoms with Gasteiger partial charge in [0.15, 0.2) is 5.76 Å². The molecule has 6 heteroatoms. The molecule has 1 unspecified atom stereocenters. The highest BCUT2D eigenvalue weighted by molar-refractivity contribution is 5.42. The summed E-state index contributed by atoms with van der Waals surface area (Å²) in [5.41, 5.74) is -2.12. The van der Waals surface area contributed by atoms with Gasteiger partial charge in [-0.15, -0.1) is 0 Å². The monoisotopic (exact) mass is 326 g/mol. The van der Waals surface area contributed by atoms with Crippen molar-refractivity contribution in [3.8, 4) is 5.75 Å². The van der Waals surface area contributed by atoms with Gasteiger partial charge in [-0.1, -0.05) is 20.3 Å². The molecular formula is C17H26O6. The van der Waals surface area contributed by atoms with Gasteiger partial charge in [0.25, 0.3) is 0 Å². The van der Waals surface area contributed by atoms with Crippen molar-refractivity contribution in [1.82, 2.24) is 0 Å². The molecule has 0 amide bonds. The van der Waals surface area contributed by atoms with Gasteiger partial charge < -0.3 is 24.8 Å². The SMILES string of the molecule is CC[C@H](C)[C@H](O)/C(C)=C/C(C)(O)c1oc(=O)c(C)c(O)c1CO. The first-order valence-electron chi connectivity index (χ1n) is 7.63. The van der Waals surface area contributed by atoms with E-state index in [1.807, 2.05) is 13.8 Å². The summed E-state index contributed by atoms with van der Waals surface area (Å²) in [6.45, 7) is 7.63. The highest BCUT2D eigenvalue weighted by Gasteiger charge is 2.31. The van der Waals surface area contributed by atoms with Crippen molar-refractivity contribution < 1.29 is 24.8 Å². The minimum atomic E-state index is -1.76. The molecule has 1 aromatic heterocycles. The first-order chi connectivity index (χ1) is 10.6. The maximum atomic E-state index is 11.8. The largest absolute Gasteiger partial charge is 0.507 e. The summed E-state index contributed by atoms with van der Waals surface area (Å²) < 4.78 is 5.09. The van der Waals surface area contributed by atoms with E-state index >= 15 is 0 Å². The average molecular weight is 326 g/mol. The Kier molecular flexibility index (Phi) is 6.16. The van der Waals surface area contributed by atoms with Gasteiger partial charge in [-0.3, -0.25) is 0 Å². The zero-order valence-corrected chi connectivity index (χ0v) is 14.3. The van der Waals surface area contributed by atoms with Crippen LogP contribution in [0.1, 0.15) is 51.0 Å². The predicted octanol–water partition coefficient (Wildman–Crippen LogP) is 1.71. The minimum absolute atomic E-state index is 0.00205.